The number of benzene rings is 1. The van der Waals surface area contributed by atoms with Crippen LogP contribution in [0.2, 0.25) is 0 Å². The highest BCUT2D eigenvalue weighted by Crippen LogP contribution is 2.26. The van der Waals surface area contributed by atoms with Gasteiger partial charge in [0.25, 0.3) is 10.0 Å². The quantitative estimate of drug-likeness (QED) is 0.797. The molecule has 0 atom stereocenters. The summed E-state index contributed by atoms with van der Waals surface area (Å²) in [6.07, 6.45) is 3.16. The summed E-state index contributed by atoms with van der Waals surface area (Å²) < 4.78 is 43.1. The highest BCUT2D eigenvalue weighted by Gasteiger charge is 2.21. The van der Waals surface area contributed by atoms with E-state index >= 15 is 0 Å². The molecule has 0 bridgehead atoms. The maximum atomic E-state index is 13.6. The Bertz CT molecular complexity index is 980. The molecule has 0 saturated heterocycles. The second kappa shape index (κ2) is 5.66. The van der Waals surface area contributed by atoms with Crippen LogP contribution in [0.4, 0.5) is 10.1 Å². The fraction of sp³-hybridized carbons (Fsp3) is 0.188. The van der Waals surface area contributed by atoms with Crippen molar-refractivity contribution in [3.05, 3.63) is 54.1 Å². The Morgan fingerprint density at radius 2 is 2.09 bits per heavy atom. The molecule has 3 aromatic rings. The van der Waals surface area contributed by atoms with Crippen molar-refractivity contribution in [3.63, 3.8) is 0 Å². The van der Waals surface area contributed by atoms with Crippen molar-refractivity contribution in [2.45, 2.75) is 25.3 Å². The largest absolute Gasteiger partial charge is 0.331 e. The van der Waals surface area contributed by atoms with Crippen molar-refractivity contribution in [3.8, 4) is 0 Å². The van der Waals surface area contributed by atoms with Crippen LogP contribution in [0.15, 0.2) is 47.6 Å². The van der Waals surface area contributed by atoms with E-state index in [0.29, 0.717) is 23.1 Å². The lowest BCUT2D eigenvalue weighted by Gasteiger charge is -2.08. The number of halogens is 1. The fourth-order valence-corrected chi connectivity index (χ4v) is 3.67. The van der Waals surface area contributed by atoms with Gasteiger partial charge in [-0.2, -0.15) is 0 Å². The van der Waals surface area contributed by atoms with Gasteiger partial charge in [-0.15, -0.1) is 0 Å². The predicted molar refractivity (Wildman–Crippen MR) is 87.4 cm³/mol. The van der Waals surface area contributed by atoms with E-state index < -0.39 is 15.8 Å². The number of sulfonamides is 1. The highest BCUT2D eigenvalue weighted by molar-refractivity contribution is 7.93. The van der Waals surface area contributed by atoms with Crippen LogP contribution < -0.4 is 4.72 Å². The van der Waals surface area contributed by atoms with E-state index in [9.17, 15) is 12.8 Å². The smallest absolute Gasteiger partial charge is 0.264 e. The summed E-state index contributed by atoms with van der Waals surface area (Å²) in [7, 11) is -3.84. The second-order valence-electron chi connectivity index (χ2n) is 5.22. The van der Waals surface area contributed by atoms with E-state index in [1.807, 2.05) is 6.92 Å². The first kappa shape index (κ1) is 15.5. The van der Waals surface area contributed by atoms with E-state index in [1.165, 1.54) is 18.2 Å². The summed E-state index contributed by atoms with van der Waals surface area (Å²) >= 11 is 0. The third kappa shape index (κ3) is 2.79. The number of nitrogens with zero attached hydrogens (tertiary/aromatic N) is 2. The first-order chi connectivity index (χ1) is 10.9. The lowest BCUT2D eigenvalue weighted by Crippen LogP contribution is -2.13. The number of pyridine rings is 1. The number of aryl methyl sites for hydroxylation is 2. The molecule has 3 rings (SSSR count). The molecule has 7 heteroatoms. The maximum Gasteiger partial charge on any atom is 0.264 e. The Kier molecular flexibility index (Phi) is 3.81. The number of fused-ring (bicyclic) bond motifs is 1. The molecule has 0 spiro atoms. The topological polar surface area (TPSA) is 64.0 Å². The molecular weight excluding hydrogens is 317 g/mol. The van der Waals surface area contributed by atoms with E-state index in [4.69, 9.17) is 0 Å². The highest BCUT2D eigenvalue weighted by atomic mass is 32.2. The van der Waals surface area contributed by atoms with Gasteiger partial charge in [0, 0.05) is 24.3 Å². The first-order valence-corrected chi connectivity index (χ1v) is 8.63. The van der Waals surface area contributed by atoms with E-state index in [2.05, 4.69) is 9.71 Å². The zero-order chi connectivity index (χ0) is 16.6. The van der Waals surface area contributed by atoms with Crippen LogP contribution in [0.1, 0.15) is 12.5 Å². The summed E-state index contributed by atoms with van der Waals surface area (Å²) in [5.41, 5.74) is 1.25. The number of aromatic nitrogens is 2. The Morgan fingerprint density at radius 1 is 1.30 bits per heavy atom. The second-order valence-corrected chi connectivity index (χ2v) is 6.87. The molecule has 0 radical (unpaired) electrons. The summed E-state index contributed by atoms with van der Waals surface area (Å²) in [5, 5.41) is 0.537. The standard InChI is InChI=1S/C16H16FN3O2S/c1-3-20-10-15(13-5-4-8-18-16(13)20)23(21,22)19-12-7-6-11(2)14(17)9-12/h4-10,19H,3H2,1-2H3. The van der Waals surface area contributed by atoms with Crippen LogP contribution in [-0.4, -0.2) is 18.0 Å². The molecule has 1 aromatic carbocycles. The molecule has 2 aromatic heterocycles. The van der Waals surface area contributed by atoms with Gasteiger partial charge in [-0.1, -0.05) is 6.07 Å². The summed E-state index contributed by atoms with van der Waals surface area (Å²) in [4.78, 5) is 4.36. The molecule has 0 aliphatic rings. The van der Waals surface area contributed by atoms with Crippen molar-refractivity contribution < 1.29 is 12.8 Å². The summed E-state index contributed by atoms with van der Waals surface area (Å²) in [6.45, 7) is 4.13. The van der Waals surface area contributed by atoms with Crippen LogP contribution in [0, 0.1) is 12.7 Å². The molecule has 0 amide bonds. The van der Waals surface area contributed by atoms with Crippen LogP contribution in [-0.2, 0) is 16.6 Å². The van der Waals surface area contributed by atoms with Crippen molar-refractivity contribution in [2.24, 2.45) is 0 Å². The molecule has 0 aliphatic carbocycles. The van der Waals surface area contributed by atoms with Crippen LogP contribution >= 0.6 is 0 Å². The summed E-state index contributed by atoms with van der Waals surface area (Å²) in [6, 6.07) is 7.63. The Morgan fingerprint density at radius 3 is 2.78 bits per heavy atom. The van der Waals surface area contributed by atoms with Gasteiger partial charge in [0.2, 0.25) is 0 Å². The van der Waals surface area contributed by atoms with Gasteiger partial charge in [-0.25, -0.2) is 17.8 Å². The molecular formula is C16H16FN3O2S. The SMILES string of the molecule is CCn1cc(S(=O)(=O)Nc2ccc(C)c(F)c2)c2cccnc21. The van der Waals surface area contributed by atoms with Gasteiger partial charge in [0.15, 0.2) is 0 Å². The average molecular weight is 333 g/mol. The minimum atomic E-state index is -3.84. The molecule has 0 fully saturated rings. The average Bonchev–Trinajstić information content (AvgIpc) is 2.90. The number of rotatable bonds is 4. The molecule has 0 saturated carbocycles. The lowest BCUT2D eigenvalue weighted by atomic mass is 10.2. The fourth-order valence-electron chi connectivity index (χ4n) is 2.41. The summed E-state index contributed by atoms with van der Waals surface area (Å²) in [5.74, 6) is -0.456. The van der Waals surface area contributed by atoms with Gasteiger partial charge in [0.05, 0.1) is 5.69 Å². The maximum absolute atomic E-state index is 13.6. The van der Waals surface area contributed by atoms with Gasteiger partial charge in [0.1, 0.15) is 16.4 Å². The lowest BCUT2D eigenvalue weighted by molar-refractivity contribution is 0.601. The molecule has 1 N–H and O–H groups in total. The zero-order valence-corrected chi connectivity index (χ0v) is 13.6. The predicted octanol–water partition coefficient (Wildman–Crippen LogP) is 3.30. The molecule has 120 valence electrons. The van der Waals surface area contributed by atoms with Gasteiger partial charge >= 0.3 is 0 Å². The number of hydrogen-bond donors (Lipinski definition) is 1. The van der Waals surface area contributed by atoms with Gasteiger partial charge in [-0.3, -0.25) is 4.72 Å². The van der Waals surface area contributed by atoms with Crippen LogP contribution in [0.25, 0.3) is 11.0 Å². The third-order valence-corrected chi connectivity index (χ3v) is 5.06. The van der Waals surface area contributed by atoms with Crippen LogP contribution in [0.3, 0.4) is 0 Å². The van der Waals surface area contributed by atoms with E-state index in [1.54, 1.807) is 36.0 Å². The minimum absolute atomic E-state index is 0.128. The van der Waals surface area contributed by atoms with Gasteiger partial charge < -0.3 is 4.57 Å². The Balaban J connectivity index is 2.08. The van der Waals surface area contributed by atoms with Crippen molar-refractivity contribution in [2.75, 3.05) is 4.72 Å². The third-order valence-electron chi connectivity index (χ3n) is 3.65. The molecule has 0 aliphatic heterocycles. The van der Waals surface area contributed by atoms with Crippen molar-refractivity contribution in [1.29, 1.82) is 0 Å². The van der Waals surface area contributed by atoms with Crippen LogP contribution in [0.5, 0.6) is 0 Å². The minimum Gasteiger partial charge on any atom is -0.331 e. The first-order valence-electron chi connectivity index (χ1n) is 7.15. The number of anilines is 1. The molecule has 23 heavy (non-hydrogen) atoms. The van der Waals surface area contributed by atoms with E-state index in [-0.39, 0.29) is 10.6 Å². The number of hydrogen-bond acceptors (Lipinski definition) is 3. The Hall–Kier alpha value is -2.41. The molecule has 2 heterocycles. The van der Waals surface area contributed by atoms with Gasteiger partial charge in [-0.05, 0) is 43.7 Å². The normalized spacial score (nSPS) is 11.8. The number of nitrogens with one attached hydrogen (secondary N) is 1. The zero-order valence-electron chi connectivity index (χ0n) is 12.7. The Labute approximate surface area is 133 Å². The van der Waals surface area contributed by atoms with E-state index in [0.717, 1.165) is 0 Å². The monoisotopic (exact) mass is 333 g/mol. The molecule has 5 nitrogen and oxygen atoms in total. The van der Waals surface area contributed by atoms with Crippen molar-refractivity contribution in [1.82, 2.24) is 9.55 Å². The van der Waals surface area contributed by atoms with Crippen molar-refractivity contribution >= 4 is 26.7 Å². The molecule has 0 unspecified atom stereocenters.